The number of carboxylic acid groups (broad SMARTS) is 1. The molecule has 0 fully saturated rings. The Bertz CT molecular complexity index is 443. The Morgan fingerprint density at radius 2 is 2.11 bits per heavy atom. The van der Waals surface area contributed by atoms with Gasteiger partial charge >= 0.3 is 5.97 Å². The van der Waals surface area contributed by atoms with Crippen LogP contribution in [0.15, 0.2) is 12.1 Å². The van der Waals surface area contributed by atoms with Crippen molar-refractivity contribution in [3.63, 3.8) is 0 Å². The average molecular weight is 268 g/mol. The van der Waals surface area contributed by atoms with E-state index in [0.717, 1.165) is 12.0 Å². The van der Waals surface area contributed by atoms with E-state index in [4.69, 9.17) is 9.84 Å². The lowest BCUT2D eigenvalue weighted by Gasteiger charge is -2.16. The predicted molar refractivity (Wildman–Crippen MR) is 72.1 cm³/mol. The van der Waals surface area contributed by atoms with Crippen LogP contribution in [0.1, 0.15) is 37.8 Å². The highest BCUT2D eigenvalue weighted by molar-refractivity contribution is 5.70. The fourth-order valence-electron chi connectivity index (χ4n) is 2.18. The molecule has 1 N–H and O–H groups in total. The molecule has 1 atom stereocenters. The summed E-state index contributed by atoms with van der Waals surface area (Å²) in [6.45, 7) is 3.80. The number of benzene rings is 1. The van der Waals surface area contributed by atoms with Crippen molar-refractivity contribution in [2.75, 3.05) is 7.11 Å². The summed E-state index contributed by atoms with van der Waals surface area (Å²) < 4.78 is 19.2. The van der Waals surface area contributed by atoms with E-state index in [9.17, 15) is 9.18 Å². The molecule has 0 saturated heterocycles. The van der Waals surface area contributed by atoms with Crippen LogP contribution in [0.3, 0.4) is 0 Å². The smallest absolute Gasteiger partial charge is 0.306 e. The van der Waals surface area contributed by atoms with Crippen LogP contribution >= 0.6 is 0 Å². The molecule has 19 heavy (non-hydrogen) atoms. The summed E-state index contributed by atoms with van der Waals surface area (Å²) >= 11 is 0. The van der Waals surface area contributed by atoms with Crippen molar-refractivity contribution in [2.24, 2.45) is 5.92 Å². The highest BCUT2D eigenvalue weighted by atomic mass is 19.1. The second kappa shape index (κ2) is 7.12. The van der Waals surface area contributed by atoms with Gasteiger partial charge in [0.1, 0.15) is 0 Å². The molecular formula is C15H21FO3. The van der Waals surface area contributed by atoms with Crippen molar-refractivity contribution in [1.82, 2.24) is 0 Å². The van der Waals surface area contributed by atoms with Crippen LogP contribution in [0.4, 0.5) is 4.39 Å². The van der Waals surface area contributed by atoms with Gasteiger partial charge in [-0.2, -0.15) is 0 Å². The Kier molecular flexibility index (Phi) is 5.80. The minimum atomic E-state index is -0.832. The fraction of sp³-hybridized carbons (Fsp3) is 0.533. The van der Waals surface area contributed by atoms with Crippen LogP contribution in [0, 0.1) is 11.7 Å². The van der Waals surface area contributed by atoms with Crippen molar-refractivity contribution in [3.8, 4) is 5.75 Å². The second-order valence-electron chi connectivity index (χ2n) is 4.62. The molecule has 0 saturated carbocycles. The summed E-state index contributed by atoms with van der Waals surface area (Å²) in [4.78, 5) is 11.1. The number of ether oxygens (including phenoxy) is 1. The van der Waals surface area contributed by atoms with Crippen LogP contribution in [0.5, 0.6) is 5.75 Å². The molecule has 0 aliphatic heterocycles. The van der Waals surface area contributed by atoms with Gasteiger partial charge in [-0.05, 0) is 36.5 Å². The minimum Gasteiger partial charge on any atom is -0.494 e. The Hall–Kier alpha value is -1.58. The lowest BCUT2D eigenvalue weighted by molar-refractivity contribution is -0.141. The van der Waals surface area contributed by atoms with E-state index >= 15 is 0 Å². The van der Waals surface area contributed by atoms with Crippen molar-refractivity contribution < 1.29 is 19.0 Å². The fourth-order valence-corrected chi connectivity index (χ4v) is 2.18. The van der Waals surface area contributed by atoms with Gasteiger partial charge in [-0.1, -0.05) is 26.3 Å². The van der Waals surface area contributed by atoms with Crippen molar-refractivity contribution >= 4 is 5.97 Å². The monoisotopic (exact) mass is 268 g/mol. The van der Waals surface area contributed by atoms with E-state index in [1.54, 1.807) is 12.1 Å². The predicted octanol–water partition coefficient (Wildman–Crippen LogP) is 3.44. The minimum absolute atomic E-state index is 0.218. The van der Waals surface area contributed by atoms with Crippen LogP contribution in [0.25, 0.3) is 0 Å². The van der Waals surface area contributed by atoms with E-state index in [-0.39, 0.29) is 11.6 Å². The number of hydrogen-bond donors (Lipinski definition) is 1. The van der Waals surface area contributed by atoms with Gasteiger partial charge in [0, 0.05) is 0 Å². The molecule has 0 radical (unpaired) electrons. The summed E-state index contributed by atoms with van der Waals surface area (Å²) in [6.07, 6.45) is 2.30. The third-order valence-corrected chi connectivity index (χ3v) is 3.33. The number of aliphatic carboxylic acids is 1. The summed E-state index contributed by atoms with van der Waals surface area (Å²) in [5.74, 6) is -1.44. The zero-order chi connectivity index (χ0) is 14.4. The van der Waals surface area contributed by atoms with Gasteiger partial charge in [-0.25, -0.2) is 4.39 Å². The van der Waals surface area contributed by atoms with E-state index in [2.05, 4.69) is 0 Å². The molecule has 4 heteroatoms. The molecule has 0 bridgehead atoms. The Labute approximate surface area is 113 Å². The Morgan fingerprint density at radius 3 is 2.58 bits per heavy atom. The van der Waals surface area contributed by atoms with Crippen molar-refractivity contribution in [3.05, 3.63) is 29.1 Å². The molecular weight excluding hydrogens is 247 g/mol. The number of rotatable bonds is 7. The van der Waals surface area contributed by atoms with Gasteiger partial charge in [0.05, 0.1) is 13.0 Å². The van der Waals surface area contributed by atoms with Gasteiger partial charge in [0.25, 0.3) is 0 Å². The Morgan fingerprint density at radius 1 is 1.42 bits per heavy atom. The van der Waals surface area contributed by atoms with Crippen LogP contribution in [0.2, 0.25) is 0 Å². The maximum atomic E-state index is 14.2. The molecule has 3 nitrogen and oxygen atoms in total. The molecule has 0 aromatic heterocycles. The average Bonchev–Trinajstić information content (AvgIpc) is 2.39. The molecule has 106 valence electrons. The summed E-state index contributed by atoms with van der Waals surface area (Å²) in [5, 5.41) is 9.11. The molecule has 1 rings (SSSR count). The van der Waals surface area contributed by atoms with Crippen molar-refractivity contribution in [1.29, 1.82) is 0 Å². The quantitative estimate of drug-likeness (QED) is 0.824. The lowest BCUT2D eigenvalue weighted by Crippen LogP contribution is -2.16. The van der Waals surface area contributed by atoms with Crippen LogP contribution < -0.4 is 4.74 Å². The first-order valence-electron chi connectivity index (χ1n) is 6.62. The van der Waals surface area contributed by atoms with Gasteiger partial charge in [0.15, 0.2) is 11.6 Å². The van der Waals surface area contributed by atoms with Gasteiger partial charge < -0.3 is 9.84 Å². The second-order valence-corrected chi connectivity index (χ2v) is 4.62. The summed E-state index contributed by atoms with van der Waals surface area (Å²) in [5.41, 5.74) is 1.36. The first kappa shape index (κ1) is 15.5. The normalized spacial score (nSPS) is 12.2. The zero-order valence-electron chi connectivity index (χ0n) is 11.7. The molecule has 0 heterocycles. The third-order valence-electron chi connectivity index (χ3n) is 3.33. The molecule has 1 aromatic rings. The highest BCUT2D eigenvalue weighted by Crippen LogP contribution is 2.27. The number of hydrogen-bond acceptors (Lipinski definition) is 2. The number of methoxy groups -OCH3 is 1. The van der Waals surface area contributed by atoms with Gasteiger partial charge in [-0.3, -0.25) is 4.79 Å². The zero-order valence-corrected chi connectivity index (χ0v) is 11.7. The number of halogens is 1. The van der Waals surface area contributed by atoms with E-state index < -0.39 is 11.9 Å². The van der Waals surface area contributed by atoms with Crippen LogP contribution in [-0.2, 0) is 17.6 Å². The first-order valence-corrected chi connectivity index (χ1v) is 6.62. The number of carboxylic acids is 1. The standard InChI is InChI=1S/C15H21FO3/c1-4-6-12-11(9-10(5-2)15(17)18)7-8-13(19-3)14(12)16/h7-8,10H,4-6,9H2,1-3H3,(H,17,18). The summed E-state index contributed by atoms with van der Waals surface area (Å²) in [6, 6.07) is 3.34. The topological polar surface area (TPSA) is 46.5 Å². The largest absolute Gasteiger partial charge is 0.494 e. The maximum absolute atomic E-state index is 14.2. The molecule has 0 aliphatic carbocycles. The van der Waals surface area contributed by atoms with E-state index in [0.29, 0.717) is 24.8 Å². The van der Waals surface area contributed by atoms with Crippen LogP contribution in [-0.4, -0.2) is 18.2 Å². The maximum Gasteiger partial charge on any atom is 0.306 e. The lowest BCUT2D eigenvalue weighted by atomic mass is 9.91. The van der Waals surface area contributed by atoms with Gasteiger partial charge in [0.2, 0.25) is 0 Å². The molecule has 1 unspecified atom stereocenters. The van der Waals surface area contributed by atoms with E-state index in [1.165, 1.54) is 7.11 Å². The number of carbonyl (C=O) groups is 1. The highest BCUT2D eigenvalue weighted by Gasteiger charge is 2.20. The summed E-state index contributed by atoms with van der Waals surface area (Å²) in [7, 11) is 1.43. The van der Waals surface area contributed by atoms with Gasteiger partial charge in [-0.15, -0.1) is 0 Å². The SMILES string of the molecule is CCCc1c(CC(CC)C(=O)O)ccc(OC)c1F. The first-order chi connectivity index (χ1) is 9.04. The van der Waals surface area contributed by atoms with Crippen molar-refractivity contribution in [2.45, 2.75) is 39.5 Å². The molecule has 0 spiro atoms. The Balaban J connectivity index is 3.12. The molecule has 0 aliphatic rings. The third kappa shape index (κ3) is 3.69. The molecule has 1 aromatic carbocycles. The molecule has 0 amide bonds. The van der Waals surface area contributed by atoms with E-state index in [1.807, 2.05) is 13.8 Å².